The zero-order valence-electron chi connectivity index (χ0n) is 12.1. The summed E-state index contributed by atoms with van der Waals surface area (Å²) >= 11 is 1.18. The predicted molar refractivity (Wildman–Crippen MR) is 83.7 cm³/mol. The van der Waals surface area contributed by atoms with Gasteiger partial charge in [0.25, 0.3) is 0 Å². The minimum absolute atomic E-state index is 0.0219. The summed E-state index contributed by atoms with van der Waals surface area (Å²) in [7, 11) is 0. The van der Waals surface area contributed by atoms with Gasteiger partial charge in [0.1, 0.15) is 0 Å². The van der Waals surface area contributed by atoms with Crippen LogP contribution in [0.5, 0.6) is 11.5 Å². The number of ether oxygens (including phenoxy) is 2. The molecule has 0 saturated carbocycles. The second-order valence-corrected chi connectivity index (χ2v) is 5.84. The van der Waals surface area contributed by atoms with E-state index in [4.69, 9.17) is 9.47 Å². The topological polar surface area (TPSA) is 69.6 Å². The summed E-state index contributed by atoms with van der Waals surface area (Å²) in [4.78, 5) is 23.5. The number of fused-ring (bicyclic) bond motifs is 1. The van der Waals surface area contributed by atoms with Crippen LogP contribution in [0.15, 0.2) is 28.4 Å². The van der Waals surface area contributed by atoms with Gasteiger partial charge in [0.2, 0.25) is 12.7 Å². The van der Waals surface area contributed by atoms with Crippen LogP contribution in [0, 0.1) is 6.92 Å². The number of anilines is 1. The Morgan fingerprint density at radius 2 is 2.18 bits per heavy atom. The molecule has 1 aliphatic rings. The maximum atomic E-state index is 11.9. The molecule has 0 radical (unpaired) electrons. The molecule has 0 spiro atoms. The average Bonchev–Trinajstić information content (AvgIpc) is 3.07. The number of hydrogen-bond donors (Lipinski definition) is 1. The molecule has 1 aliphatic heterocycles. The zero-order chi connectivity index (χ0) is 15.5. The van der Waals surface area contributed by atoms with Crippen LogP contribution in [0.3, 0.4) is 0 Å². The van der Waals surface area contributed by atoms with E-state index in [9.17, 15) is 9.59 Å². The number of benzene rings is 1. The Hall–Kier alpha value is -2.28. The number of rotatable bonds is 5. The number of amides is 1. The number of carbonyl (C=O) groups excluding carboxylic acids is 1. The largest absolute Gasteiger partial charge is 0.454 e. The van der Waals surface area contributed by atoms with Gasteiger partial charge >= 0.3 is 4.87 Å². The van der Waals surface area contributed by atoms with E-state index in [0.29, 0.717) is 36.6 Å². The molecule has 2 aromatic rings. The molecule has 0 fully saturated rings. The van der Waals surface area contributed by atoms with Crippen LogP contribution < -0.4 is 19.7 Å². The van der Waals surface area contributed by atoms with E-state index >= 15 is 0 Å². The van der Waals surface area contributed by atoms with Gasteiger partial charge in [-0.3, -0.25) is 9.59 Å². The molecule has 0 bridgehead atoms. The van der Waals surface area contributed by atoms with Gasteiger partial charge in [-0.25, -0.2) is 0 Å². The number of thiazole rings is 1. The summed E-state index contributed by atoms with van der Waals surface area (Å²) in [5.41, 5.74) is 1.62. The molecule has 1 N–H and O–H groups in total. The zero-order valence-corrected chi connectivity index (χ0v) is 12.9. The fourth-order valence-electron chi connectivity index (χ4n) is 2.27. The highest BCUT2D eigenvalue weighted by Crippen LogP contribution is 2.34. The second-order valence-electron chi connectivity index (χ2n) is 5.01. The molecule has 0 saturated heterocycles. The van der Waals surface area contributed by atoms with Crippen molar-refractivity contribution >= 4 is 22.9 Å². The number of aromatic nitrogens is 1. The van der Waals surface area contributed by atoms with Crippen molar-refractivity contribution in [3.63, 3.8) is 0 Å². The molecule has 1 amide bonds. The number of hydrogen-bond acceptors (Lipinski definition) is 5. The minimum Gasteiger partial charge on any atom is -0.454 e. The maximum Gasteiger partial charge on any atom is 0.307 e. The van der Waals surface area contributed by atoms with E-state index in [2.05, 4.69) is 5.32 Å². The van der Waals surface area contributed by atoms with E-state index in [1.54, 1.807) is 22.8 Å². The maximum absolute atomic E-state index is 11.9. The summed E-state index contributed by atoms with van der Waals surface area (Å²) in [6, 6.07) is 5.29. The SMILES string of the molecule is Cc1csc(=O)n1CCCC(=O)Nc1ccc2c(c1)OCO2. The molecule has 116 valence electrons. The van der Waals surface area contributed by atoms with Gasteiger partial charge in [-0.2, -0.15) is 0 Å². The first kappa shape index (κ1) is 14.6. The molecular weight excluding hydrogens is 304 g/mol. The predicted octanol–water partition coefficient (Wildman–Crippen LogP) is 2.37. The van der Waals surface area contributed by atoms with Crippen molar-refractivity contribution < 1.29 is 14.3 Å². The number of aryl methyl sites for hydroxylation is 1. The normalized spacial score (nSPS) is 12.4. The minimum atomic E-state index is -0.0835. The van der Waals surface area contributed by atoms with Gasteiger partial charge in [-0.15, -0.1) is 0 Å². The Morgan fingerprint density at radius 1 is 1.36 bits per heavy atom. The molecule has 0 aliphatic carbocycles. The first-order valence-electron chi connectivity index (χ1n) is 6.98. The highest BCUT2D eigenvalue weighted by Gasteiger charge is 2.14. The third-order valence-electron chi connectivity index (χ3n) is 3.42. The molecule has 3 rings (SSSR count). The van der Waals surface area contributed by atoms with Crippen LogP contribution >= 0.6 is 11.3 Å². The number of carbonyl (C=O) groups is 1. The van der Waals surface area contributed by atoms with Gasteiger partial charge < -0.3 is 19.4 Å². The molecule has 7 heteroatoms. The number of nitrogens with zero attached hydrogens (tertiary/aromatic N) is 1. The molecule has 1 aromatic heterocycles. The lowest BCUT2D eigenvalue weighted by atomic mass is 10.2. The van der Waals surface area contributed by atoms with Gasteiger partial charge in [0.05, 0.1) is 0 Å². The highest BCUT2D eigenvalue weighted by atomic mass is 32.1. The van der Waals surface area contributed by atoms with Crippen molar-refractivity contribution in [2.24, 2.45) is 0 Å². The molecule has 1 aromatic carbocycles. The van der Waals surface area contributed by atoms with E-state index in [1.807, 2.05) is 12.3 Å². The van der Waals surface area contributed by atoms with Crippen LogP contribution in [0.2, 0.25) is 0 Å². The lowest BCUT2D eigenvalue weighted by molar-refractivity contribution is -0.116. The Morgan fingerprint density at radius 3 is 2.95 bits per heavy atom. The lowest BCUT2D eigenvalue weighted by Crippen LogP contribution is -2.17. The van der Waals surface area contributed by atoms with Crippen molar-refractivity contribution in [3.8, 4) is 11.5 Å². The molecular formula is C15H16N2O4S. The van der Waals surface area contributed by atoms with Gasteiger partial charge in [0, 0.05) is 35.8 Å². The number of nitrogens with one attached hydrogen (secondary N) is 1. The fourth-order valence-corrected chi connectivity index (χ4v) is 3.03. The van der Waals surface area contributed by atoms with Gasteiger partial charge in [-0.1, -0.05) is 11.3 Å². The first-order valence-corrected chi connectivity index (χ1v) is 7.86. The van der Waals surface area contributed by atoms with Crippen LogP contribution in [0.25, 0.3) is 0 Å². The average molecular weight is 320 g/mol. The van der Waals surface area contributed by atoms with E-state index in [0.717, 1.165) is 5.69 Å². The van der Waals surface area contributed by atoms with E-state index < -0.39 is 0 Å². The van der Waals surface area contributed by atoms with Crippen molar-refractivity contribution in [1.82, 2.24) is 4.57 Å². The summed E-state index contributed by atoms with van der Waals surface area (Å²) < 4.78 is 12.2. The fraction of sp³-hybridized carbons (Fsp3) is 0.333. The molecule has 0 atom stereocenters. The monoisotopic (exact) mass is 320 g/mol. The molecule has 2 heterocycles. The van der Waals surface area contributed by atoms with Crippen LogP contribution in [-0.2, 0) is 11.3 Å². The van der Waals surface area contributed by atoms with Crippen molar-refractivity contribution in [2.75, 3.05) is 12.1 Å². The third kappa shape index (κ3) is 3.14. The van der Waals surface area contributed by atoms with Gasteiger partial charge in [0.15, 0.2) is 11.5 Å². The summed E-state index contributed by atoms with van der Waals surface area (Å²) in [5.74, 6) is 1.24. The van der Waals surface area contributed by atoms with Gasteiger partial charge in [-0.05, 0) is 25.5 Å². The Bertz CT molecular complexity index is 750. The molecule has 22 heavy (non-hydrogen) atoms. The highest BCUT2D eigenvalue weighted by molar-refractivity contribution is 7.07. The Labute approximate surface area is 131 Å². The quantitative estimate of drug-likeness (QED) is 0.918. The summed E-state index contributed by atoms with van der Waals surface area (Å²) in [6.45, 7) is 2.66. The molecule has 0 unspecified atom stereocenters. The van der Waals surface area contributed by atoms with Crippen LogP contribution in [0.1, 0.15) is 18.5 Å². The lowest BCUT2D eigenvalue weighted by Gasteiger charge is -2.07. The standard InChI is InChI=1S/C15H16N2O4S/c1-10-8-22-15(19)17(10)6-2-3-14(18)16-11-4-5-12-13(7-11)21-9-20-12/h4-5,7-8H,2-3,6,9H2,1H3,(H,16,18). The van der Waals surface area contributed by atoms with Crippen LogP contribution in [-0.4, -0.2) is 17.3 Å². The Kier molecular flexibility index (Phi) is 4.15. The van der Waals surface area contributed by atoms with Crippen molar-refractivity contribution in [2.45, 2.75) is 26.3 Å². The van der Waals surface area contributed by atoms with E-state index in [1.165, 1.54) is 11.3 Å². The van der Waals surface area contributed by atoms with Crippen molar-refractivity contribution in [3.05, 3.63) is 38.9 Å². The summed E-state index contributed by atoms with van der Waals surface area (Å²) in [5, 5.41) is 4.65. The smallest absolute Gasteiger partial charge is 0.307 e. The molecule has 6 nitrogen and oxygen atoms in total. The van der Waals surface area contributed by atoms with E-state index in [-0.39, 0.29) is 17.6 Å². The third-order valence-corrected chi connectivity index (χ3v) is 4.30. The first-order chi connectivity index (χ1) is 10.6. The second kappa shape index (κ2) is 6.23. The summed E-state index contributed by atoms with van der Waals surface area (Å²) in [6.07, 6.45) is 0.976. The van der Waals surface area contributed by atoms with Crippen LogP contribution in [0.4, 0.5) is 5.69 Å². The van der Waals surface area contributed by atoms with Crippen molar-refractivity contribution in [1.29, 1.82) is 0 Å². The Balaban J connectivity index is 1.51.